The number of hydrogen-bond donors (Lipinski definition) is 2. The van der Waals surface area contributed by atoms with Gasteiger partial charge in [0.05, 0.1) is 5.92 Å². The van der Waals surface area contributed by atoms with E-state index in [4.69, 9.17) is 5.11 Å². The molecule has 2 N–H and O–H groups in total. The van der Waals surface area contributed by atoms with Crippen molar-refractivity contribution < 1.29 is 14.7 Å². The molecule has 1 aromatic rings. The maximum atomic E-state index is 11.8. The Hall–Kier alpha value is -2.04. The Morgan fingerprint density at radius 1 is 1.33 bits per heavy atom. The third-order valence-electron chi connectivity index (χ3n) is 3.15. The molecule has 0 aliphatic carbocycles. The number of nitrogens with one attached hydrogen (secondary N) is 1. The molecule has 1 aliphatic heterocycles. The maximum absolute atomic E-state index is 11.8. The number of nitrogens with zero attached hydrogens (tertiary/aromatic N) is 1. The van der Waals surface area contributed by atoms with Gasteiger partial charge in [-0.25, -0.2) is 4.79 Å². The topological polar surface area (TPSA) is 69.6 Å². The second kappa shape index (κ2) is 4.68. The summed E-state index contributed by atoms with van der Waals surface area (Å²) >= 11 is 0. The van der Waals surface area contributed by atoms with Gasteiger partial charge >= 0.3 is 12.0 Å². The molecule has 1 heterocycles. The summed E-state index contributed by atoms with van der Waals surface area (Å²) in [7, 11) is 0. The van der Waals surface area contributed by atoms with Crippen molar-refractivity contribution in [2.24, 2.45) is 5.92 Å². The molecule has 1 aromatic carbocycles. The number of amides is 2. The zero-order chi connectivity index (χ0) is 13.3. The molecule has 5 nitrogen and oxygen atoms in total. The van der Waals surface area contributed by atoms with E-state index in [-0.39, 0.29) is 19.1 Å². The van der Waals surface area contributed by atoms with Crippen molar-refractivity contribution in [1.82, 2.24) is 4.90 Å². The van der Waals surface area contributed by atoms with E-state index in [0.717, 1.165) is 16.8 Å². The Balaban J connectivity index is 1.96. The molecule has 2 rings (SSSR count). The molecule has 2 amide bonds. The lowest BCUT2D eigenvalue weighted by atomic mass is 10.0. The first-order valence-corrected chi connectivity index (χ1v) is 5.83. The van der Waals surface area contributed by atoms with Gasteiger partial charge < -0.3 is 15.3 Å². The quantitative estimate of drug-likeness (QED) is 0.839. The lowest BCUT2D eigenvalue weighted by molar-refractivity contribution is -0.145. The Kier molecular flexibility index (Phi) is 3.23. The number of aliphatic carboxylic acids is 1. The predicted molar refractivity (Wildman–Crippen MR) is 67.6 cm³/mol. The maximum Gasteiger partial charge on any atom is 0.321 e. The van der Waals surface area contributed by atoms with Gasteiger partial charge in [-0.15, -0.1) is 0 Å². The summed E-state index contributed by atoms with van der Waals surface area (Å²) in [5.41, 5.74) is 2.84. The van der Waals surface area contributed by atoms with E-state index in [1.54, 1.807) is 0 Å². The summed E-state index contributed by atoms with van der Waals surface area (Å²) in [5, 5.41) is 11.6. The van der Waals surface area contributed by atoms with Gasteiger partial charge in [0, 0.05) is 18.8 Å². The summed E-state index contributed by atoms with van der Waals surface area (Å²) < 4.78 is 0. The zero-order valence-corrected chi connectivity index (χ0v) is 10.4. The van der Waals surface area contributed by atoms with Gasteiger partial charge in [0.1, 0.15) is 0 Å². The number of urea groups is 1. The lowest BCUT2D eigenvalue weighted by Crippen LogP contribution is -2.54. The fourth-order valence-electron chi connectivity index (χ4n) is 1.87. The van der Waals surface area contributed by atoms with E-state index < -0.39 is 11.9 Å². The molecule has 0 radical (unpaired) electrons. The third kappa shape index (κ3) is 2.45. The van der Waals surface area contributed by atoms with E-state index in [1.807, 2.05) is 32.0 Å². The Bertz CT molecular complexity index is 493. The highest BCUT2D eigenvalue weighted by Gasteiger charge is 2.35. The lowest BCUT2D eigenvalue weighted by Gasteiger charge is -2.36. The highest BCUT2D eigenvalue weighted by Crippen LogP contribution is 2.20. The number of rotatable bonds is 2. The SMILES string of the molecule is Cc1ccc(C)c(NC(=O)N2CC(C(=O)O)C2)c1. The van der Waals surface area contributed by atoms with Gasteiger partial charge in [0.2, 0.25) is 0 Å². The van der Waals surface area contributed by atoms with E-state index in [0.29, 0.717) is 0 Å². The first-order valence-electron chi connectivity index (χ1n) is 5.83. The molecule has 1 fully saturated rings. The fraction of sp³-hybridized carbons (Fsp3) is 0.385. The predicted octanol–water partition coefficient (Wildman–Crippen LogP) is 1.85. The van der Waals surface area contributed by atoms with Crippen LogP contribution in [-0.4, -0.2) is 35.1 Å². The van der Waals surface area contributed by atoms with Crippen LogP contribution in [0.2, 0.25) is 0 Å². The normalized spacial score (nSPS) is 15.1. The van der Waals surface area contributed by atoms with Crippen LogP contribution >= 0.6 is 0 Å². The fourth-order valence-corrected chi connectivity index (χ4v) is 1.87. The van der Waals surface area contributed by atoms with Crippen LogP contribution in [0.1, 0.15) is 11.1 Å². The Morgan fingerprint density at radius 3 is 2.61 bits per heavy atom. The van der Waals surface area contributed by atoms with E-state index >= 15 is 0 Å². The minimum atomic E-state index is -0.842. The van der Waals surface area contributed by atoms with Gasteiger partial charge in [-0.3, -0.25) is 4.79 Å². The number of benzene rings is 1. The summed E-state index contributed by atoms with van der Waals surface area (Å²) in [4.78, 5) is 24.0. The monoisotopic (exact) mass is 248 g/mol. The second-order valence-electron chi connectivity index (χ2n) is 4.69. The van der Waals surface area contributed by atoms with Crippen LogP contribution in [0.4, 0.5) is 10.5 Å². The molecule has 0 atom stereocenters. The van der Waals surface area contributed by atoms with Crippen LogP contribution in [0.15, 0.2) is 18.2 Å². The first-order chi connectivity index (χ1) is 8.47. The van der Waals surface area contributed by atoms with Gasteiger partial charge in [-0.1, -0.05) is 12.1 Å². The number of carboxylic acid groups (broad SMARTS) is 1. The van der Waals surface area contributed by atoms with Crippen LogP contribution in [0.5, 0.6) is 0 Å². The molecule has 0 aromatic heterocycles. The molecule has 0 unspecified atom stereocenters. The van der Waals surface area contributed by atoms with Gasteiger partial charge in [-0.05, 0) is 31.0 Å². The minimum absolute atomic E-state index is 0.235. The summed E-state index contributed by atoms with van der Waals surface area (Å²) in [6.07, 6.45) is 0. The number of carboxylic acids is 1. The smallest absolute Gasteiger partial charge is 0.321 e. The highest BCUT2D eigenvalue weighted by atomic mass is 16.4. The van der Waals surface area contributed by atoms with Crippen molar-refractivity contribution in [3.8, 4) is 0 Å². The highest BCUT2D eigenvalue weighted by molar-refractivity contribution is 5.91. The van der Waals surface area contributed by atoms with Crippen LogP contribution in [-0.2, 0) is 4.79 Å². The van der Waals surface area contributed by atoms with Crippen molar-refractivity contribution in [3.63, 3.8) is 0 Å². The van der Waals surface area contributed by atoms with E-state index in [1.165, 1.54) is 4.90 Å². The van der Waals surface area contributed by atoms with E-state index in [9.17, 15) is 9.59 Å². The molecule has 18 heavy (non-hydrogen) atoms. The van der Waals surface area contributed by atoms with Crippen molar-refractivity contribution in [1.29, 1.82) is 0 Å². The molecule has 1 aliphatic rings. The molecule has 5 heteroatoms. The van der Waals surface area contributed by atoms with Gasteiger partial charge in [0.15, 0.2) is 0 Å². The zero-order valence-electron chi connectivity index (χ0n) is 10.4. The van der Waals surface area contributed by atoms with Crippen LogP contribution in [0.25, 0.3) is 0 Å². The summed E-state index contributed by atoms with van der Waals surface area (Å²) in [6.45, 7) is 4.45. The molecule has 96 valence electrons. The van der Waals surface area contributed by atoms with Crippen LogP contribution < -0.4 is 5.32 Å². The van der Waals surface area contributed by atoms with Crippen LogP contribution in [0.3, 0.4) is 0 Å². The number of carbonyl (C=O) groups is 2. The number of aryl methyl sites for hydroxylation is 2. The number of anilines is 1. The Morgan fingerprint density at radius 2 is 2.00 bits per heavy atom. The second-order valence-corrected chi connectivity index (χ2v) is 4.69. The average Bonchev–Trinajstić information content (AvgIpc) is 2.20. The van der Waals surface area contributed by atoms with Crippen molar-refractivity contribution in [3.05, 3.63) is 29.3 Å². The number of likely N-dealkylation sites (tertiary alicyclic amines) is 1. The molecule has 0 saturated carbocycles. The molecule has 0 bridgehead atoms. The van der Waals surface area contributed by atoms with Gasteiger partial charge in [-0.2, -0.15) is 0 Å². The first kappa shape index (κ1) is 12.4. The largest absolute Gasteiger partial charge is 0.481 e. The van der Waals surface area contributed by atoms with E-state index in [2.05, 4.69) is 5.32 Å². The third-order valence-corrected chi connectivity index (χ3v) is 3.15. The van der Waals surface area contributed by atoms with Crippen molar-refractivity contribution >= 4 is 17.7 Å². The Labute approximate surface area is 105 Å². The molecule has 1 saturated heterocycles. The van der Waals surface area contributed by atoms with Crippen molar-refractivity contribution in [2.45, 2.75) is 13.8 Å². The number of carbonyl (C=O) groups excluding carboxylic acids is 1. The van der Waals surface area contributed by atoms with Crippen molar-refractivity contribution in [2.75, 3.05) is 18.4 Å². The molecular formula is C13H16N2O3. The summed E-state index contributed by atoms with van der Waals surface area (Å²) in [6, 6.07) is 5.60. The summed E-state index contributed by atoms with van der Waals surface area (Å²) in [5.74, 6) is -1.26. The molecular weight excluding hydrogens is 232 g/mol. The standard InChI is InChI=1S/C13H16N2O3/c1-8-3-4-9(2)11(5-8)14-13(18)15-6-10(7-15)12(16)17/h3-5,10H,6-7H2,1-2H3,(H,14,18)(H,16,17). The average molecular weight is 248 g/mol. The van der Waals surface area contributed by atoms with Gasteiger partial charge in [0.25, 0.3) is 0 Å². The van der Waals surface area contributed by atoms with Crippen LogP contribution in [0, 0.1) is 19.8 Å². The minimum Gasteiger partial charge on any atom is -0.481 e. The number of hydrogen-bond acceptors (Lipinski definition) is 2. The molecule has 0 spiro atoms.